The molecular weight excluding hydrogens is 494 g/mol. The Labute approximate surface area is 215 Å². The Balaban J connectivity index is 1.65. The predicted octanol–water partition coefficient (Wildman–Crippen LogP) is 5.00. The molecule has 0 fully saturated rings. The van der Waals surface area contributed by atoms with Crippen molar-refractivity contribution in [3.63, 3.8) is 0 Å². The number of rotatable bonds is 9. The zero-order valence-electron chi connectivity index (χ0n) is 20.5. The number of amides is 1. The largest absolute Gasteiger partial charge is 0.380 e. The summed E-state index contributed by atoms with van der Waals surface area (Å²) < 4.78 is 36.4. The van der Waals surface area contributed by atoms with Crippen molar-refractivity contribution in [1.29, 1.82) is 0 Å². The molecule has 0 aliphatic rings. The quantitative estimate of drug-likeness (QED) is 0.289. The lowest BCUT2D eigenvalue weighted by atomic mass is 10.2. The monoisotopic (exact) mass is 523 g/mol. The molecule has 1 aromatic heterocycles. The molecule has 0 saturated heterocycles. The number of sulfonamides is 1. The van der Waals surface area contributed by atoms with E-state index in [9.17, 15) is 13.2 Å². The van der Waals surface area contributed by atoms with Crippen molar-refractivity contribution in [1.82, 2.24) is 4.57 Å². The Morgan fingerprint density at radius 2 is 1.75 bits per heavy atom. The average Bonchev–Trinajstić information content (AvgIpc) is 3.21. The third kappa shape index (κ3) is 5.43. The number of fused-ring (bicyclic) bond motifs is 1. The molecule has 4 aromatic rings. The summed E-state index contributed by atoms with van der Waals surface area (Å²) in [4.78, 5) is 18.1. The number of carbonyl (C=O) groups is 1. The van der Waals surface area contributed by atoms with Gasteiger partial charge in [0.25, 0.3) is 15.9 Å². The van der Waals surface area contributed by atoms with Crippen LogP contribution in [0.3, 0.4) is 0 Å². The summed E-state index contributed by atoms with van der Waals surface area (Å²) in [7, 11) is -3.77. The van der Waals surface area contributed by atoms with E-state index < -0.39 is 15.9 Å². The summed E-state index contributed by atoms with van der Waals surface area (Å²) in [5.74, 6) is -0.428. The molecule has 0 spiro atoms. The van der Waals surface area contributed by atoms with Gasteiger partial charge in [-0.15, -0.1) is 0 Å². The van der Waals surface area contributed by atoms with Gasteiger partial charge in [0.05, 0.1) is 27.4 Å². The molecule has 0 aliphatic heterocycles. The maximum atomic E-state index is 13.2. The average molecular weight is 524 g/mol. The smallest absolute Gasteiger partial charge is 0.279 e. The van der Waals surface area contributed by atoms with Gasteiger partial charge >= 0.3 is 0 Å². The second-order valence-electron chi connectivity index (χ2n) is 8.15. The number of aryl methyl sites for hydroxylation is 1. The van der Waals surface area contributed by atoms with Crippen LogP contribution in [0.1, 0.15) is 29.8 Å². The van der Waals surface area contributed by atoms with E-state index in [2.05, 4.69) is 11.1 Å². The summed E-state index contributed by atoms with van der Waals surface area (Å²) in [5.41, 5.74) is 3.04. The van der Waals surface area contributed by atoms with Gasteiger partial charge in [-0.05, 0) is 74.9 Å². The fraction of sp³-hybridized carbons (Fsp3) is 0.259. The molecule has 36 heavy (non-hydrogen) atoms. The fourth-order valence-corrected chi connectivity index (χ4v) is 6.54. The first kappa shape index (κ1) is 25.8. The first-order valence-electron chi connectivity index (χ1n) is 11.8. The fourth-order valence-electron chi connectivity index (χ4n) is 3.92. The van der Waals surface area contributed by atoms with Crippen molar-refractivity contribution >= 4 is 43.2 Å². The number of hydrogen-bond acceptors (Lipinski definition) is 5. The Bertz CT molecular complexity index is 1520. The molecule has 1 heterocycles. The van der Waals surface area contributed by atoms with Crippen molar-refractivity contribution in [2.24, 2.45) is 4.99 Å². The highest BCUT2D eigenvalue weighted by Gasteiger charge is 2.23. The highest BCUT2D eigenvalue weighted by molar-refractivity contribution is 7.92. The molecule has 3 aromatic carbocycles. The van der Waals surface area contributed by atoms with E-state index in [4.69, 9.17) is 4.74 Å². The highest BCUT2D eigenvalue weighted by atomic mass is 32.2. The van der Waals surface area contributed by atoms with E-state index >= 15 is 0 Å². The van der Waals surface area contributed by atoms with Crippen molar-refractivity contribution in [2.45, 2.75) is 32.2 Å². The first-order chi connectivity index (χ1) is 17.3. The molecule has 0 aliphatic carbocycles. The highest BCUT2D eigenvalue weighted by Crippen LogP contribution is 2.24. The van der Waals surface area contributed by atoms with Gasteiger partial charge < -0.3 is 9.30 Å². The van der Waals surface area contributed by atoms with Crippen molar-refractivity contribution in [3.05, 3.63) is 88.7 Å². The van der Waals surface area contributed by atoms with E-state index in [1.807, 2.05) is 36.6 Å². The minimum atomic E-state index is -3.77. The normalized spacial score (nSPS) is 12.2. The lowest BCUT2D eigenvalue weighted by molar-refractivity contribution is 0.0996. The Hall–Kier alpha value is -3.27. The standard InChI is InChI=1S/C27H29N3O4S2/c1-4-30(22-9-7-6-8-10-22)36(32,33)23-14-12-21(13-15-23)26(31)28-27-29(17-18-34-5-2)24-16-11-20(3)19-25(24)35-27/h6-16,19H,4-5,17-18H2,1-3H3. The Morgan fingerprint density at radius 1 is 1.03 bits per heavy atom. The number of benzene rings is 3. The molecule has 7 nitrogen and oxygen atoms in total. The van der Waals surface area contributed by atoms with E-state index in [1.54, 1.807) is 31.2 Å². The topological polar surface area (TPSA) is 81.0 Å². The van der Waals surface area contributed by atoms with Gasteiger partial charge in [0, 0.05) is 25.3 Å². The summed E-state index contributed by atoms with van der Waals surface area (Å²) in [6, 6.07) is 21.0. The lowest BCUT2D eigenvalue weighted by Gasteiger charge is -2.22. The number of anilines is 1. The molecular formula is C27H29N3O4S2. The van der Waals surface area contributed by atoms with Gasteiger partial charge in [0.2, 0.25) is 0 Å². The van der Waals surface area contributed by atoms with Gasteiger partial charge in [0.15, 0.2) is 4.80 Å². The van der Waals surface area contributed by atoms with Gasteiger partial charge in [-0.25, -0.2) is 8.42 Å². The number of nitrogens with zero attached hydrogens (tertiary/aromatic N) is 3. The van der Waals surface area contributed by atoms with E-state index in [0.29, 0.717) is 35.8 Å². The SMILES string of the molecule is CCOCCn1c(=NC(=O)c2ccc(S(=O)(=O)N(CC)c3ccccc3)cc2)sc2cc(C)ccc21. The molecule has 0 unspecified atom stereocenters. The van der Waals surface area contributed by atoms with E-state index in [1.165, 1.54) is 39.9 Å². The van der Waals surface area contributed by atoms with Crippen LogP contribution in [0.25, 0.3) is 10.2 Å². The second-order valence-corrected chi connectivity index (χ2v) is 11.0. The summed E-state index contributed by atoms with van der Waals surface area (Å²) >= 11 is 1.45. The van der Waals surface area contributed by atoms with Crippen LogP contribution in [0.5, 0.6) is 0 Å². The maximum Gasteiger partial charge on any atom is 0.279 e. The summed E-state index contributed by atoms with van der Waals surface area (Å²) in [6.45, 7) is 7.75. The molecule has 0 saturated carbocycles. The number of hydrogen-bond donors (Lipinski definition) is 0. The van der Waals surface area contributed by atoms with Crippen LogP contribution in [0.15, 0.2) is 82.7 Å². The maximum absolute atomic E-state index is 13.2. The zero-order valence-corrected chi connectivity index (χ0v) is 22.2. The molecule has 0 N–H and O–H groups in total. The lowest BCUT2D eigenvalue weighted by Crippen LogP contribution is -2.30. The molecule has 0 atom stereocenters. The molecule has 9 heteroatoms. The molecule has 4 rings (SSSR count). The predicted molar refractivity (Wildman–Crippen MR) is 144 cm³/mol. The molecule has 0 bridgehead atoms. The summed E-state index contributed by atoms with van der Waals surface area (Å²) in [6.07, 6.45) is 0. The van der Waals surface area contributed by atoms with Crippen molar-refractivity contribution in [2.75, 3.05) is 24.1 Å². The minimum Gasteiger partial charge on any atom is -0.380 e. The van der Waals surface area contributed by atoms with Crippen LogP contribution >= 0.6 is 11.3 Å². The number of para-hydroxylation sites is 1. The molecule has 1 amide bonds. The second kappa shape index (κ2) is 11.2. The number of carbonyl (C=O) groups excluding carboxylic acids is 1. The Kier molecular flexibility index (Phi) is 8.03. The van der Waals surface area contributed by atoms with Crippen LogP contribution in [0.2, 0.25) is 0 Å². The van der Waals surface area contributed by atoms with Crippen LogP contribution < -0.4 is 9.11 Å². The number of aromatic nitrogens is 1. The van der Waals surface area contributed by atoms with Crippen molar-refractivity contribution in [3.8, 4) is 0 Å². The number of thiazole rings is 1. The van der Waals surface area contributed by atoms with E-state index in [0.717, 1.165) is 15.8 Å². The van der Waals surface area contributed by atoms with Crippen LogP contribution in [-0.2, 0) is 21.3 Å². The van der Waals surface area contributed by atoms with Crippen molar-refractivity contribution < 1.29 is 17.9 Å². The van der Waals surface area contributed by atoms with Crippen LogP contribution in [-0.4, -0.2) is 38.7 Å². The third-order valence-corrected chi connectivity index (χ3v) is 8.68. The number of ether oxygens (including phenoxy) is 1. The zero-order chi connectivity index (χ0) is 25.7. The van der Waals surface area contributed by atoms with Gasteiger partial charge in [-0.3, -0.25) is 9.10 Å². The molecule has 0 radical (unpaired) electrons. The van der Waals surface area contributed by atoms with Gasteiger partial charge in [0.1, 0.15) is 0 Å². The van der Waals surface area contributed by atoms with Crippen LogP contribution in [0, 0.1) is 6.92 Å². The minimum absolute atomic E-state index is 0.119. The van der Waals surface area contributed by atoms with E-state index in [-0.39, 0.29) is 11.4 Å². The van der Waals surface area contributed by atoms with Crippen LogP contribution in [0.4, 0.5) is 5.69 Å². The summed E-state index contributed by atoms with van der Waals surface area (Å²) in [5, 5.41) is 0. The van der Waals surface area contributed by atoms with Gasteiger partial charge in [-0.1, -0.05) is 35.6 Å². The Morgan fingerprint density at radius 3 is 2.42 bits per heavy atom. The molecule has 188 valence electrons. The van der Waals surface area contributed by atoms with Gasteiger partial charge in [-0.2, -0.15) is 4.99 Å². The first-order valence-corrected chi connectivity index (χ1v) is 14.1. The third-order valence-electron chi connectivity index (χ3n) is 5.72.